The third kappa shape index (κ3) is 3.37. The minimum Gasteiger partial charge on any atom is -0.545 e. The summed E-state index contributed by atoms with van der Waals surface area (Å²) in [5.74, 6) is -2.10. The number of anilines is 2. The monoisotopic (exact) mass is 401 g/mol. The van der Waals surface area contributed by atoms with Crippen molar-refractivity contribution in [3.05, 3.63) is 58.8 Å². The number of ether oxygens (including phenoxy) is 2. The van der Waals surface area contributed by atoms with Gasteiger partial charge in [0.05, 0.1) is 25.9 Å². The molecule has 9 heteroatoms. The highest BCUT2D eigenvalue weighted by atomic mass is 35.5. The lowest BCUT2D eigenvalue weighted by Gasteiger charge is -2.18. The third-order valence-electron chi connectivity index (χ3n) is 4.02. The molecule has 0 atom stereocenters. The van der Waals surface area contributed by atoms with Crippen molar-refractivity contribution in [1.82, 2.24) is 0 Å². The number of imide groups is 1. The van der Waals surface area contributed by atoms with Gasteiger partial charge in [-0.25, -0.2) is 4.90 Å². The van der Waals surface area contributed by atoms with Crippen molar-refractivity contribution < 1.29 is 29.0 Å². The number of carbonyl (C=O) groups is 3. The van der Waals surface area contributed by atoms with Crippen LogP contribution < -0.4 is 24.8 Å². The summed E-state index contributed by atoms with van der Waals surface area (Å²) in [7, 11) is 2.87. The molecule has 0 saturated heterocycles. The number of aromatic carboxylic acids is 1. The van der Waals surface area contributed by atoms with E-state index in [0.29, 0.717) is 5.75 Å². The van der Waals surface area contributed by atoms with Crippen molar-refractivity contribution in [2.75, 3.05) is 24.4 Å². The molecule has 0 saturated carbocycles. The van der Waals surface area contributed by atoms with E-state index in [-0.39, 0.29) is 33.4 Å². The number of hydrogen-bond acceptors (Lipinski definition) is 7. The van der Waals surface area contributed by atoms with Gasteiger partial charge in [-0.15, -0.1) is 0 Å². The van der Waals surface area contributed by atoms with Gasteiger partial charge in [0.15, 0.2) is 0 Å². The van der Waals surface area contributed by atoms with E-state index in [1.54, 1.807) is 6.07 Å². The molecular weight excluding hydrogens is 388 g/mol. The number of carbonyl (C=O) groups excluding carboxylic acids is 3. The van der Waals surface area contributed by atoms with Crippen LogP contribution in [-0.2, 0) is 9.59 Å². The van der Waals surface area contributed by atoms with Crippen molar-refractivity contribution in [1.29, 1.82) is 0 Å². The summed E-state index contributed by atoms with van der Waals surface area (Å²) in [6.45, 7) is 0. The maximum Gasteiger partial charge on any atom is 0.283 e. The molecule has 0 radical (unpaired) electrons. The van der Waals surface area contributed by atoms with Crippen LogP contribution in [0, 0.1) is 0 Å². The maximum absolute atomic E-state index is 12.9. The Kier molecular flexibility index (Phi) is 5.23. The molecule has 1 aliphatic rings. The van der Waals surface area contributed by atoms with Crippen molar-refractivity contribution in [2.45, 2.75) is 0 Å². The fourth-order valence-corrected chi connectivity index (χ4v) is 2.88. The zero-order valence-corrected chi connectivity index (χ0v) is 15.6. The number of carboxylic acids is 1. The second-order valence-electron chi connectivity index (χ2n) is 5.67. The summed E-state index contributed by atoms with van der Waals surface area (Å²) < 4.78 is 10.4. The molecule has 0 unspecified atom stereocenters. The van der Waals surface area contributed by atoms with Crippen LogP contribution in [0.5, 0.6) is 11.5 Å². The molecule has 2 aromatic carbocycles. The number of benzene rings is 2. The lowest BCUT2D eigenvalue weighted by Crippen LogP contribution is -2.32. The average molecular weight is 402 g/mol. The van der Waals surface area contributed by atoms with Gasteiger partial charge in [0.25, 0.3) is 11.8 Å². The first kappa shape index (κ1) is 19.2. The molecule has 0 spiro atoms. The number of hydrogen-bond donors (Lipinski definition) is 1. The van der Waals surface area contributed by atoms with Gasteiger partial charge < -0.3 is 24.7 Å². The summed E-state index contributed by atoms with van der Waals surface area (Å²) in [4.78, 5) is 37.3. The van der Waals surface area contributed by atoms with E-state index >= 15 is 0 Å². The summed E-state index contributed by atoms with van der Waals surface area (Å²) >= 11 is 6.09. The van der Waals surface area contributed by atoms with E-state index in [4.69, 9.17) is 21.1 Å². The van der Waals surface area contributed by atoms with Crippen LogP contribution in [0.3, 0.4) is 0 Å². The zero-order valence-electron chi connectivity index (χ0n) is 14.8. The first-order valence-corrected chi connectivity index (χ1v) is 8.34. The Balaban J connectivity index is 1.95. The highest BCUT2D eigenvalue weighted by Crippen LogP contribution is 2.37. The second kappa shape index (κ2) is 7.61. The number of halogens is 1. The molecule has 0 fully saturated rings. The van der Waals surface area contributed by atoms with Crippen molar-refractivity contribution >= 4 is 40.8 Å². The standard InChI is InChI=1S/C19H15ClN2O6/c1-27-12-6-7-13(14(9-12)28-2)22-17(23)15(20)16(18(22)24)21-11-5-3-4-10(8-11)19(25)26/h3-9,21H,1-2H3,(H,25,26)/p-1. The lowest BCUT2D eigenvalue weighted by atomic mass is 10.2. The molecule has 144 valence electrons. The van der Waals surface area contributed by atoms with Gasteiger partial charge in [0.1, 0.15) is 22.2 Å². The second-order valence-corrected chi connectivity index (χ2v) is 6.04. The van der Waals surface area contributed by atoms with E-state index in [2.05, 4.69) is 5.32 Å². The Morgan fingerprint density at radius 1 is 1.07 bits per heavy atom. The Hall–Kier alpha value is -3.52. The van der Waals surface area contributed by atoms with Crippen LogP contribution in [0.1, 0.15) is 10.4 Å². The number of amides is 2. The average Bonchev–Trinajstić information content (AvgIpc) is 2.91. The number of nitrogens with one attached hydrogen (secondary N) is 1. The first-order chi connectivity index (χ1) is 13.4. The fraction of sp³-hybridized carbons (Fsp3) is 0.105. The van der Waals surface area contributed by atoms with Gasteiger partial charge in [-0.2, -0.15) is 0 Å². The smallest absolute Gasteiger partial charge is 0.283 e. The number of rotatable bonds is 6. The zero-order chi connectivity index (χ0) is 20.4. The molecule has 3 rings (SSSR count). The molecule has 28 heavy (non-hydrogen) atoms. The van der Waals surface area contributed by atoms with Crippen LogP contribution >= 0.6 is 11.6 Å². The Morgan fingerprint density at radius 2 is 1.82 bits per heavy atom. The molecule has 2 amide bonds. The summed E-state index contributed by atoms with van der Waals surface area (Å²) in [6, 6.07) is 10.2. The highest BCUT2D eigenvalue weighted by Gasteiger charge is 2.40. The van der Waals surface area contributed by atoms with E-state index < -0.39 is 17.8 Å². The molecule has 0 aromatic heterocycles. The Morgan fingerprint density at radius 3 is 2.46 bits per heavy atom. The molecule has 2 aromatic rings. The normalized spacial score (nSPS) is 13.8. The number of nitrogens with zero attached hydrogens (tertiary/aromatic N) is 1. The van der Waals surface area contributed by atoms with Gasteiger partial charge in [-0.1, -0.05) is 23.7 Å². The molecule has 1 heterocycles. The largest absolute Gasteiger partial charge is 0.545 e. The molecule has 1 aliphatic heterocycles. The number of carboxylic acid groups (broad SMARTS) is 1. The maximum atomic E-state index is 12.9. The highest BCUT2D eigenvalue weighted by molar-refractivity contribution is 6.53. The van der Waals surface area contributed by atoms with Crippen LogP contribution in [-0.4, -0.2) is 32.0 Å². The predicted octanol–water partition coefficient (Wildman–Crippen LogP) is 1.50. The van der Waals surface area contributed by atoms with Crippen LogP contribution in [0.2, 0.25) is 0 Å². The summed E-state index contributed by atoms with van der Waals surface area (Å²) in [5, 5.41) is 13.4. The van der Waals surface area contributed by atoms with Crippen LogP contribution in [0.4, 0.5) is 11.4 Å². The summed E-state index contributed by atoms with van der Waals surface area (Å²) in [5.41, 5.74) is 0.184. The SMILES string of the molecule is COc1ccc(N2C(=O)C(Cl)=C(Nc3cccc(C(=O)[O-])c3)C2=O)c(OC)c1. The topological polar surface area (TPSA) is 108 Å². The lowest BCUT2D eigenvalue weighted by molar-refractivity contribution is -0.255. The number of methoxy groups -OCH3 is 2. The van der Waals surface area contributed by atoms with Crippen molar-refractivity contribution in [3.8, 4) is 11.5 Å². The quantitative estimate of drug-likeness (QED) is 0.731. The van der Waals surface area contributed by atoms with Gasteiger partial charge in [0, 0.05) is 11.8 Å². The van der Waals surface area contributed by atoms with Gasteiger partial charge >= 0.3 is 0 Å². The van der Waals surface area contributed by atoms with Gasteiger partial charge in [-0.3, -0.25) is 9.59 Å². The molecular formula is C19H14ClN2O6-. The van der Waals surface area contributed by atoms with Crippen LogP contribution in [0.15, 0.2) is 53.2 Å². The molecule has 8 nitrogen and oxygen atoms in total. The van der Waals surface area contributed by atoms with Crippen molar-refractivity contribution in [2.24, 2.45) is 0 Å². The van der Waals surface area contributed by atoms with E-state index in [9.17, 15) is 19.5 Å². The summed E-state index contributed by atoms with van der Waals surface area (Å²) in [6.07, 6.45) is 0. The van der Waals surface area contributed by atoms with Crippen LogP contribution in [0.25, 0.3) is 0 Å². The van der Waals surface area contributed by atoms with E-state index in [1.165, 1.54) is 50.6 Å². The molecule has 1 N–H and O–H groups in total. The predicted molar refractivity (Wildman–Crippen MR) is 99.3 cm³/mol. The minimum atomic E-state index is -1.37. The van der Waals surface area contributed by atoms with Gasteiger partial charge in [0.2, 0.25) is 0 Å². The Bertz CT molecular complexity index is 1020. The van der Waals surface area contributed by atoms with E-state index in [0.717, 1.165) is 4.90 Å². The Labute approximate surface area is 164 Å². The van der Waals surface area contributed by atoms with E-state index in [1.807, 2.05) is 0 Å². The third-order valence-corrected chi connectivity index (χ3v) is 4.37. The first-order valence-electron chi connectivity index (χ1n) is 7.96. The molecule has 0 bridgehead atoms. The minimum absolute atomic E-state index is 0.0906. The van der Waals surface area contributed by atoms with Crippen molar-refractivity contribution in [3.63, 3.8) is 0 Å². The molecule has 0 aliphatic carbocycles. The fourth-order valence-electron chi connectivity index (χ4n) is 2.67. The van der Waals surface area contributed by atoms with Gasteiger partial charge in [-0.05, 0) is 29.8 Å².